The second kappa shape index (κ2) is 55.3. The lowest BCUT2D eigenvalue weighted by Crippen LogP contribution is -2.60. The number of hydrogen-bond acceptors (Lipinski definition) is 10. The fourth-order valence-corrected chi connectivity index (χ4v) is 9.77. The zero-order valence-electron chi connectivity index (χ0n) is 49.4. The third-order valence-electron chi connectivity index (χ3n) is 14.9. The van der Waals surface area contributed by atoms with Crippen molar-refractivity contribution in [2.45, 2.75) is 326 Å². The van der Waals surface area contributed by atoms with Crippen molar-refractivity contribution < 1.29 is 49.3 Å². The molecule has 7 atom stereocenters. The van der Waals surface area contributed by atoms with E-state index in [4.69, 9.17) is 14.2 Å². The third-order valence-corrected chi connectivity index (χ3v) is 14.9. The summed E-state index contributed by atoms with van der Waals surface area (Å²) in [6.07, 6.45) is 62.1. The number of esters is 1. The van der Waals surface area contributed by atoms with Crippen LogP contribution in [-0.2, 0) is 23.8 Å². The number of nitrogens with one attached hydrogen (secondary N) is 1. The lowest BCUT2D eigenvalue weighted by atomic mass is 9.99. The van der Waals surface area contributed by atoms with Gasteiger partial charge in [-0.25, -0.2) is 0 Å². The molecule has 0 aromatic carbocycles. The van der Waals surface area contributed by atoms with E-state index in [9.17, 15) is 35.1 Å². The first kappa shape index (κ1) is 72.4. The molecule has 0 saturated carbocycles. The largest absolute Gasteiger partial charge is 0.465 e. The van der Waals surface area contributed by atoms with Gasteiger partial charge in [-0.1, -0.05) is 248 Å². The van der Waals surface area contributed by atoms with Crippen molar-refractivity contribution in [3.63, 3.8) is 0 Å². The highest BCUT2D eigenvalue weighted by Gasteiger charge is 2.44. The van der Waals surface area contributed by atoms with Gasteiger partial charge < -0.3 is 45.1 Å². The van der Waals surface area contributed by atoms with E-state index in [1.807, 2.05) is 6.08 Å². The molecule has 1 fully saturated rings. The SMILES string of the molecule is CCCCC/C=C\C/C=C\CCCCCCCCCCCC(=O)OCC/C=C\C/C=C\CCCCCCCCCCCCCCCCC(=O)NC(COC1OC(CO)C(O)C(O)C1O)C(O)/C=C/CCCCCCCCC. The summed E-state index contributed by atoms with van der Waals surface area (Å²) in [6.45, 7) is 4.18. The Morgan fingerprint density at radius 2 is 0.870 bits per heavy atom. The summed E-state index contributed by atoms with van der Waals surface area (Å²) < 4.78 is 16.6. The molecule has 1 aliphatic rings. The van der Waals surface area contributed by atoms with Crippen molar-refractivity contribution in [2.24, 2.45) is 0 Å². The topological polar surface area (TPSA) is 175 Å². The predicted octanol–water partition coefficient (Wildman–Crippen LogP) is 15.4. The molecule has 11 heteroatoms. The van der Waals surface area contributed by atoms with Crippen LogP contribution in [0.4, 0.5) is 0 Å². The van der Waals surface area contributed by atoms with Gasteiger partial charge in [0.2, 0.25) is 5.91 Å². The molecule has 0 aromatic rings. The van der Waals surface area contributed by atoms with Crippen molar-refractivity contribution in [2.75, 3.05) is 19.8 Å². The molecule has 0 aliphatic carbocycles. The molecular formula is C66H119NO10. The Hall–Kier alpha value is -2.64. The number of carbonyl (C=O) groups is 2. The minimum atomic E-state index is -1.57. The van der Waals surface area contributed by atoms with Gasteiger partial charge in [0, 0.05) is 12.8 Å². The highest BCUT2D eigenvalue weighted by atomic mass is 16.7. The standard InChI is InChI=1S/C66H119NO10/c1-3-5-7-9-11-13-14-15-16-17-21-25-28-31-34-38-42-46-50-54-62(71)75-55-51-47-43-39-35-32-29-26-23-20-18-19-22-24-27-30-33-37-41-45-49-53-61(70)67-58(59(69)52-48-44-40-36-12-10-8-6-4-2)57-76-66-65(74)64(73)63(72)60(56-68)77-66/h11,13,15-16,32,35,43,47-48,52,58-60,63-66,68-69,72-74H,3-10,12,14,17-31,33-34,36-42,44-46,49-51,53-57H2,1-2H3,(H,67,70)/b13-11-,16-15-,35-32-,47-43-,52-48+. The van der Waals surface area contributed by atoms with Crippen LogP contribution in [0.25, 0.3) is 0 Å². The zero-order chi connectivity index (χ0) is 55.9. The van der Waals surface area contributed by atoms with Crippen LogP contribution in [0.2, 0.25) is 0 Å². The van der Waals surface area contributed by atoms with E-state index >= 15 is 0 Å². The first-order valence-electron chi connectivity index (χ1n) is 32.1. The first-order chi connectivity index (χ1) is 37.7. The molecule has 0 spiro atoms. The van der Waals surface area contributed by atoms with Gasteiger partial charge in [0.15, 0.2) is 6.29 Å². The highest BCUT2D eigenvalue weighted by molar-refractivity contribution is 5.76. The monoisotopic (exact) mass is 1090 g/mol. The average molecular weight is 1090 g/mol. The van der Waals surface area contributed by atoms with E-state index < -0.39 is 49.5 Å². The van der Waals surface area contributed by atoms with E-state index in [0.717, 1.165) is 77.0 Å². The summed E-state index contributed by atoms with van der Waals surface area (Å²) in [7, 11) is 0. The van der Waals surface area contributed by atoms with Crippen LogP contribution in [-0.4, -0.2) is 100 Å². The Bertz CT molecular complexity index is 1460. The van der Waals surface area contributed by atoms with Crippen molar-refractivity contribution >= 4 is 11.9 Å². The maximum absolute atomic E-state index is 13.0. The number of rotatable bonds is 55. The van der Waals surface area contributed by atoms with Crippen molar-refractivity contribution in [3.05, 3.63) is 60.8 Å². The van der Waals surface area contributed by atoms with E-state index in [-0.39, 0.29) is 18.5 Å². The minimum absolute atomic E-state index is 0.0528. The maximum atomic E-state index is 13.0. The Balaban J connectivity index is 1.99. The number of aliphatic hydroxyl groups is 5. The Morgan fingerprint density at radius 1 is 0.481 bits per heavy atom. The molecule has 1 rings (SSSR count). The average Bonchev–Trinajstić information content (AvgIpc) is 3.43. The molecule has 0 aromatic heterocycles. The summed E-state index contributed by atoms with van der Waals surface area (Å²) in [5, 5.41) is 54.2. The lowest BCUT2D eigenvalue weighted by Gasteiger charge is -2.40. The third kappa shape index (κ3) is 44.8. The summed E-state index contributed by atoms with van der Waals surface area (Å²) in [6, 6.07) is -0.814. The van der Waals surface area contributed by atoms with E-state index in [1.54, 1.807) is 6.08 Å². The van der Waals surface area contributed by atoms with Crippen LogP contribution in [0.15, 0.2) is 60.8 Å². The van der Waals surface area contributed by atoms with Gasteiger partial charge in [-0.2, -0.15) is 0 Å². The predicted molar refractivity (Wildman–Crippen MR) is 320 cm³/mol. The molecule has 77 heavy (non-hydrogen) atoms. The number of allylic oxidation sites excluding steroid dienone is 8. The molecule has 1 aliphatic heterocycles. The molecule has 1 heterocycles. The number of aliphatic hydroxyl groups excluding tert-OH is 5. The van der Waals surface area contributed by atoms with Gasteiger partial charge in [-0.05, 0) is 83.5 Å². The second-order valence-corrected chi connectivity index (χ2v) is 22.1. The summed E-state index contributed by atoms with van der Waals surface area (Å²) in [5.74, 6) is -0.242. The second-order valence-electron chi connectivity index (χ2n) is 22.1. The first-order valence-corrected chi connectivity index (χ1v) is 32.1. The van der Waals surface area contributed by atoms with Gasteiger partial charge in [0.05, 0.1) is 32.0 Å². The van der Waals surface area contributed by atoms with Crippen molar-refractivity contribution in [3.8, 4) is 0 Å². The highest BCUT2D eigenvalue weighted by Crippen LogP contribution is 2.23. The van der Waals surface area contributed by atoms with Crippen LogP contribution in [0, 0.1) is 0 Å². The summed E-state index contributed by atoms with van der Waals surface area (Å²) in [4.78, 5) is 25.1. The van der Waals surface area contributed by atoms with Gasteiger partial charge in [0.1, 0.15) is 24.4 Å². The van der Waals surface area contributed by atoms with Crippen molar-refractivity contribution in [1.82, 2.24) is 5.32 Å². The van der Waals surface area contributed by atoms with E-state index in [0.29, 0.717) is 19.4 Å². The van der Waals surface area contributed by atoms with Crippen LogP contribution in [0.5, 0.6) is 0 Å². The Labute approximate surface area is 471 Å². The summed E-state index contributed by atoms with van der Waals surface area (Å²) in [5.41, 5.74) is 0. The molecule has 1 amide bonds. The van der Waals surface area contributed by atoms with Crippen LogP contribution < -0.4 is 5.32 Å². The Kier molecular flexibility index (Phi) is 52.0. The number of ether oxygens (including phenoxy) is 3. The molecular weight excluding hydrogens is 967 g/mol. The molecule has 11 nitrogen and oxygen atoms in total. The van der Waals surface area contributed by atoms with Gasteiger partial charge in [-0.15, -0.1) is 0 Å². The van der Waals surface area contributed by atoms with Crippen LogP contribution in [0.3, 0.4) is 0 Å². The fraction of sp³-hybridized carbons (Fsp3) is 0.818. The van der Waals surface area contributed by atoms with Gasteiger partial charge >= 0.3 is 5.97 Å². The molecule has 7 unspecified atom stereocenters. The molecule has 6 N–H and O–H groups in total. The normalized spacial score (nSPS) is 19.0. The quantitative estimate of drug-likeness (QED) is 0.0195. The fourth-order valence-electron chi connectivity index (χ4n) is 9.77. The molecule has 448 valence electrons. The van der Waals surface area contributed by atoms with E-state index in [1.165, 1.54) is 180 Å². The number of carbonyl (C=O) groups excluding carboxylic acids is 2. The molecule has 0 bridgehead atoms. The smallest absolute Gasteiger partial charge is 0.305 e. The van der Waals surface area contributed by atoms with Gasteiger partial charge in [0.25, 0.3) is 0 Å². The maximum Gasteiger partial charge on any atom is 0.305 e. The Morgan fingerprint density at radius 3 is 1.34 bits per heavy atom. The number of hydrogen-bond donors (Lipinski definition) is 6. The van der Waals surface area contributed by atoms with Crippen LogP contribution in [0.1, 0.15) is 284 Å². The minimum Gasteiger partial charge on any atom is -0.465 e. The number of amides is 1. The number of unbranched alkanes of at least 4 members (excludes halogenated alkanes) is 33. The zero-order valence-corrected chi connectivity index (χ0v) is 49.4. The van der Waals surface area contributed by atoms with Gasteiger partial charge in [-0.3, -0.25) is 9.59 Å². The summed E-state index contributed by atoms with van der Waals surface area (Å²) >= 11 is 0. The molecule has 1 saturated heterocycles. The molecule has 0 radical (unpaired) electrons. The van der Waals surface area contributed by atoms with Crippen molar-refractivity contribution in [1.29, 1.82) is 0 Å². The van der Waals surface area contributed by atoms with Crippen LogP contribution >= 0.6 is 0 Å². The van der Waals surface area contributed by atoms with E-state index in [2.05, 4.69) is 67.8 Å². The lowest BCUT2D eigenvalue weighted by molar-refractivity contribution is -0.302.